The van der Waals surface area contributed by atoms with Gasteiger partial charge < -0.3 is 10.1 Å². The van der Waals surface area contributed by atoms with Gasteiger partial charge in [0.2, 0.25) is 5.88 Å². The molecule has 1 N–H and O–H groups in total. The summed E-state index contributed by atoms with van der Waals surface area (Å²) < 4.78 is 20.0. The fourth-order valence-electron chi connectivity index (χ4n) is 1.70. The van der Waals surface area contributed by atoms with Crippen LogP contribution in [0.15, 0.2) is 28.7 Å². The molecule has 6 heteroatoms. The highest BCUT2D eigenvalue weighted by molar-refractivity contribution is 9.10. The normalized spacial score (nSPS) is 10.8. The molecule has 0 fully saturated rings. The number of anilines is 1. The lowest BCUT2D eigenvalue weighted by molar-refractivity contribution is 0.423. The predicted octanol–water partition coefficient (Wildman–Crippen LogP) is 4.73. The molecule has 0 saturated heterocycles. The van der Waals surface area contributed by atoms with Crippen LogP contribution in [0.5, 0.6) is 11.6 Å². The lowest BCUT2D eigenvalue weighted by atomic mass is 10.2. The number of hydrogen-bond acceptors (Lipinski definition) is 4. The number of rotatable bonds is 5. The second-order valence-electron chi connectivity index (χ2n) is 4.81. The van der Waals surface area contributed by atoms with E-state index >= 15 is 0 Å². The monoisotopic (exact) mass is 353 g/mol. The van der Waals surface area contributed by atoms with Crippen LogP contribution in [0.25, 0.3) is 0 Å². The predicted molar refractivity (Wildman–Crippen MR) is 84.5 cm³/mol. The molecule has 2 rings (SSSR count). The molecule has 0 unspecified atom stereocenters. The molecule has 0 bridgehead atoms. The van der Waals surface area contributed by atoms with Gasteiger partial charge >= 0.3 is 0 Å². The maximum absolute atomic E-state index is 13.8. The molecule has 0 radical (unpaired) electrons. The summed E-state index contributed by atoms with van der Waals surface area (Å²) in [4.78, 5) is 8.72. The number of aromatic nitrogens is 2. The molecule has 0 atom stereocenters. The van der Waals surface area contributed by atoms with Gasteiger partial charge in [0.1, 0.15) is 11.6 Å². The standard InChI is InChI=1S/C15H17BrFN3O/c1-4-18-13-8-14(20-15(19-13)9(2)3)21-12-6-5-10(16)7-11(12)17/h5-9H,4H2,1-3H3,(H,18,19,20). The average Bonchev–Trinajstić information content (AvgIpc) is 2.42. The van der Waals surface area contributed by atoms with Crippen molar-refractivity contribution < 1.29 is 9.13 Å². The fraction of sp³-hybridized carbons (Fsp3) is 0.333. The van der Waals surface area contributed by atoms with Crippen LogP contribution in [-0.2, 0) is 0 Å². The molecular weight excluding hydrogens is 337 g/mol. The summed E-state index contributed by atoms with van der Waals surface area (Å²) >= 11 is 3.21. The van der Waals surface area contributed by atoms with Gasteiger partial charge in [0.05, 0.1) is 0 Å². The summed E-state index contributed by atoms with van der Waals surface area (Å²) in [6, 6.07) is 6.29. The van der Waals surface area contributed by atoms with Crippen molar-refractivity contribution in [1.82, 2.24) is 9.97 Å². The van der Waals surface area contributed by atoms with Crippen molar-refractivity contribution in [3.63, 3.8) is 0 Å². The van der Waals surface area contributed by atoms with Crippen molar-refractivity contribution >= 4 is 21.7 Å². The van der Waals surface area contributed by atoms with Gasteiger partial charge in [-0.25, -0.2) is 9.37 Å². The van der Waals surface area contributed by atoms with Gasteiger partial charge in [-0.05, 0) is 25.1 Å². The smallest absolute Gasteiger partial charge is 0.224 e. The molecule has 0 aliphatic rings. The lowest BCUT2D eigenvalue weighted by Gasteiger charge is -2.12. The molecule has 0 aliphatic carbocycles. The van der Waals surface area contributed by atoms with Crippen molar-refractivity contribution in [2.75, 3.05) is 11.9 Å². The van der Waals surface area contributed by atoms with E-state index in [1.807, 2.05) is 20.8 Å². The molecule has 1 aromatic heterocycles. The van der Waals surface area contributed by atoms with Crippen molar-refractivity contribution in [3.05, 3.63) is 40.4 Å². The maximum atomic E-state index is 13.8. The van der Waals surface area contributed by atoms with Gasteiger partial charge in [-0.3, -0.25) is 0 Å². The Balaban J connectivity index is 2.33. The van der Waals surface area contributed by atoms with Crippen molar-refractivity contribution in [3.8, 4) is 11.6 Å². The van der Waals surface area contributed by atoms with Gasteiger partial charge in [-0.1, -0.05) is 29.8 Å². The summed E-state index contributed by atoms with van der Waals surface area (Å²) in [5.41, 5.74) is 0. The molecule has 2 aromatic rings. The SMILES string of the molecule is CCNc1cc(Oc2ccc(Br)cc2F)nc(C(C)C)n1. The molecule has 1 heterocycles. The van der Waals surface area contributed by atoms with Crippen molar-refractivity contribution in [2.24, 2.45) is 0 Å². The van der Waals surface area contributed by atoms with E-state index < -0.39 is 5.82 Å². The van der Waals surface area contributed by atoms with Gasteiger partial charge in [-0.2, -0.15) is 4.98 Å². The fourth-order valence-corrected chi connectivity index (χ4v) is 2.03. The van der Waals surface area contributed by atoms with E-state index in [4.69, 9.17) is 4.74 Å². The Hall–Kier alpha value is -1.69. The third-order valence-corrected chi connectivity index (χ3v) is 3.20. The summed E-state index contributed by atoms with van der Waals surface area (Å²) in [5, 5.41) is 3.12. The van der Waals surface area contributed by atoms with Crippen LogP contribution in [0, 0.1) is 5.82 Å². The number of hydrogen-bond donors (Lipinski definition) is 1. The molecule has 0 amide bonds. The summed E-state index contributed by atoms with van der Waals surface area (Å²) in [5.74, 6) is 1.49. The quantitative estimate of drug-likeness (QED) is 0.844. The Morgan fingerprint density at radius 2 is 2.05 bits per heavy atom. The first-order valence-electron chi connectivity index (χ1n) is 6.75. The van der Waals surface area contributed by atoms with Crippen LogP contribution in [0.3, 0.4) is 0 Å². The topological polar surface area (TPSA) is 47.0 Å². The van der Waals surface area contributed by atoms with E-state index in [1.54, 1.807) is 18.2 Å². The summed E-state index contributed by atoms with van der Waals surface area (Å²) in [6.45, 7) is 6.71. The Bertz CT molecular complexity index is 634. The second kappa shape index (κ2) is 6.85. The number of ether oxygens (including phenoxy) is 1. The van der Waals surface area contributed by atoms with E-state index in [-0.39, 0.29) is 11.7 Å². The summed E-state index contributed by atoms with van der Waals surface area (Å²) in [6.07, 6.45) is 0. The van der Waals surface area contributed by atoms with Gasteiger partial charge in [0.25, 0.3) is 0 Å². The molecular formula is C15H17BrFN3O. The second-order valence-corrected chi connectivity index (χ2v) is 5.73. The molecule has 112 valence electrons. The van der Waals surface area contributed by atoms with E-state index in [1.165, 1.54) is 6.07 Å². The number of benzene rings is 1. The first-order chi connectivity index (χ1) is 9.99. The van der Waals surface area contributed by atoms with Crippen LogP contribution in [0.1, 0.15) is 32.5 Å². The number of nitrogens with one attached hydrogen (secondary N) is 1. The highest BCUT2D eigenvalue weighted by Gasteiger charge is 2.11. The van der Waals surface area contributed by atoms with Crippen molar-refractivity contribution in [2.45, 2.75) is 26.7 Å². The zero-order chi connectivity index (χ0) is 15.4. The van der Waals surface area contributed by atoms with Crippen LogP contribution in [-0.4, -0.2) is 16.5 Å². The Morgan fingerprint density at radius 1 is 1.29 bits per heavy atom. The van der Waals surface area contributed by atoms with Gasteiger partial charge in [0, 0.05) is 23.0 Å². The van der Waals surface area contributed by atoms with E-state index in [2.05, 4.69) is 31.2 Å². The molecule has 1 aromatic carbocycles. The largest absolute Gasteiger partial charge is 0.436 e. The molecule has 0 saturated carbocycles. The Morgan fingerprint density at radius 3 is 2.67 bits per heavy atom. The minimum atomic E-state index is -0.445. The third-order valence-electron chi connectivity index (χ3n) is 2.70. The minimum Gasteiger partial charge on any atom is -0.436 e. The number of nitrogens with zero attached hydrogens (tertiary/aromatic N) is 2. The van der Waals surface area contributed by atoms with Crippen LogP contribution >= 0.6 is 15.9 Å². The first kappa shape index (κ1) is 15.7. The van der Waals surface area contributed by atoms with Crippen LogP contribution in [0.2, 0.25) is 0 Å². The Labute approximate surface area is 131 Å². The zero-order valence-corrected chi connectivity index (χ0v) is 13.7. The number of halogens is 2. The van der Waals surface area contributed by atoms with E-state index in [0.29, 0.717) is 22.0 Å². The molecule has 0 aliphatic heterocycles. The lowest BCUT2D eigenvalue weighted by Crippen LogP contribution is -2.06. The van der Waals surface area contributed by atoms with E-state index in [0.717, 1.165) is 6.54 Å². The molecule has 4 nitrogen and oxygen atoms in total. The van der Waals surface area contributed by atoms with Crippen LogP contribution < -0.4 is 10.1 Å². The van der Waals surface area contributed by atoms with Gasteiger partial charge in [0.15, 0.2) is 11.6 Å². The van der Waals surface area contributed by atoms with Crippen LogP contribution in [0.4, 0.5) is 10.2 Å². The highest BCUT2D eigenvalue weighted by Crippen LogP contribution is 2.27. The highest BCUT2D eigenvalue weighted by atomic mass is 79.9. The average molecular weight is 354 g/mol. The molecule has 21 heavy (non-hydrogen) atoms. The maximum Gasteiger partial charge on any atom is 0.224 e. The Kier molecular flexibility index (Phi) is 5.12. The zero-order valence-electron chi connectivity index (χ0n) is 12.2. The van der Waals surface area contributed by atoms with E-state index in [9.17, 15) is 4.39 Å². The van der Waals surface area contributed by atoms with Crippen molar-refractivity contribution in [1.29, 1.82) is 0 Å². The third kappa shape index (κ3) is 4.14. The van der Waals surface area contributed by atoms with Gasteiger partial charge in [-0.15, -0.1) is 0 Å². The first-order valence-corrected chi connectivity index (χ1v) is 7.54. The minimum absolute atomic E-state index is 0.133. The summed E-state index contributed by atoms with van der Waals surface area (Å²) in [7, 11) is 0. The molecule has 0 spiro atoms.